The third kappa shape index (κ3) is 6.40. The highest BCUT2D eigenvalue weighted by molar-refractivity contribution is 6.31. The average Bonchev–Trinajstić information content (AvgIpc) is 2.46. The Kier molecular flexibility index (Phi) is 6.76. The summed E-state index contributed by atoms with van der Waals surface area (Å²) in [5, 5.41) is 7.40. The number of anilines is 1. The molecule has 5 nitrogen and oxygen atoms in total. The van der Waals surface area contributed by atoms with Crippen molar-refractivity contribution in [2.75, 3.05) is 5.32 Å². The summed E-state index contributed by atoms with van der Waals surface area (Å²) in [6.07, 6.45) is 0.161. The maximum absolute atomic E-state index is 11.9. The summed E-state index contributed by atoms with van der Waals surface area (Å²) in [5.74, 6) is -0.520. The van der Waals surface area contributed by atoms with Crippen molar-refractivity contribution < 1.29 is 9.59 Å². The molecule has 23 heavy (non-hydrogen) atoms. The highest BCUT2D eigenvalue weighted by atomic mass is 35.5. The Morgan fingerprint density at radius 3 is 2.39 bits per heavy atom. The SMILES string of the molecule is C/C(=N\NC(=O)CCC(=O)Nc1cccc(Cl)c1C)C(C)(C)C. The van der Waals surface area contributed by atoms with E-state index in [1.165, 1.54) is 0 Å². The van der Waals surface area contributed by atoms with E-state index < -0.39 is 0 Å². The zero-order chi connectivity index (χ0) is 17.6. The van der Waals surface area contributed by atoms with Gasteiger partial charge in [-0.1, -0.05) is 38.4 Å². The molecule has 0 heterocycles. The number of benzene rings is 1. The lowest BCUT2D eigenvalue weighted by atomic mass is 9.91. The van der Waals surface area contributed by atoms with Crippen LogP contribution in [0.2, 0.25) is 5.02 Å². The average molecular weight is 338 g/mol. The first kappa shape index (κ1) is 19.2. The normalized spacial score (nSPS) is 12.0. The monoisotopic (exact) mass is 337 g/mol. The second-order valence-electron chi connectivity index (χ2n) is 6.44. The molecule has 2 amide bonds. The van der Waals surface area contributed by atoms with E-state index in [9.17, 15) is 9.59 Å². The van der Waals surface area contributed by atoms with Crippen LogP contribution in [0.25, 0.3) is 0 Å². The molecule has 0 saturated carbocycles. The van der Waals surface area contributed by atoms with E-state index in [4.69, 9.17) is 11.6 Å². The van der Waals surface area contributed by atoms with Crippen molar-refractivity contribution in [3.63, 3.8) is 0 Å². The second kappa shape index (κ2) is 8.11. The number of nitrogens with zero attached hydrogens (tertiary/aromatic N) is 1. The second-order valence-corrected chi connectivity index (χ2v) is 6.85. The number of hydrazone groups is 1. The summed E-state index contributed by atoms with van der Waals surface area (Å²) >= 11 is 6.00. The third-order valence-corrected chi connectivity index (χ3v) is 3.96. The number of carbonyl (C=O) groups excluding carboxylic acids is 2. The Morgan fingerprint density at radius 2 is 1.78 bits per heavy atom. The van der Waals surface area contributed by atoms with Gasteiger partial charge >= 0.3 is 0 Å². The van der Waals surface area contributed by atoms with Gasteiger partial charge in [0, 0.05) is 34.7 Å². The van der Waals surface area contributed by atoms with E-state index in [1.807, 2.05) is 34.6 Å². The van der Waals surface area contributed by atoms with Crippen LogP contribution in [0.5, 0.6) is 0 Å². The van der Waals surface area contributed by atoms with Gasteiger partial charge < -0.3 is 5.32 Å². The molecule has 0 spiro atoms. The Hall–Kier alpha value is -1.88. The highest BCUT2D eigenvalue weighted by Gasteiger charge is 2.15. The molecular formula is C17H24ClN3O2. The third-order valence-electron chi connectivity index (χ3n) is 3.55. The van der Waals surface area contributed by atoms with E-state index >= 15 is 0 Å². The lowest BCUT2D eigenvalue weighted by Crippen LogP contribution is -2.25. The lowest BCUT2D eigenvalue weighted by Gasteiger charge is -2.17. The van der Waals surface area contributed by atoms with Crippen molar-refractivity contribution in [2.45, 2.75) is 47.5 Å². The van der Waals surface area contributed by atoms with Crippen LogP contribution in [0, 0.1) is 12.3 Å². The molecule has 2 N–H and O–H groups in total. The van der Waals surface area contributed by atoms with Gasteiger partial charge in [-0.2, -0.15) is 5.10 Å². The topological polar surface area (TPSA) is 70.6 Å². The summed E-state index contributed by atoms with van der Waals surface area (Å²) in [7, 11) is 0. The lowest BCUT2D eigenvalue weighted by molar-refractivity contribution is -0.124. The van der Waals surface area contributed by atoms with Crippen LogP contribution in [-0.2, 0) is 9.59 Å². The summed E-state index contributed by atoms with van der Waals surface area (Å²) < 4.78 is 0. The van der Waals surface area contributed by atoms with Gasteiger partial charge in [-0.15, -0.1) is 0 Å². The molecule has 0 radical (unpaired) electrons. The first-order valence-electron chi connectivity index (χ1n) is 7.50. The maximum Gasteiger partial charge on any atom is 0.240 e. The van der Waals surface area contributed by atoms with Crippen molar-refractivity contribution in [3.05, 3.63) is 28.8 Å². The van der Waals surface area contributed by atoms with Gasteiger partial charge in [0.1, 0.15) is 0 Å². The Balaban J connectivity index is 2.47. The molecule has 0 unspecified atom stereocenters. The quantitative estimate of drug-likeness (QED) is 0.631. The maximum atomic E-state index is 11.9. The number of carbonyl (C=O) groups is 2. The smallest absolute Gasteiger partial charge is 0.240 e. The van der Waals surface area contributed by atoms with Crippen LogP contribution in [0.15, 0.2) is 23.3 Å². The number of rotatable bonds is 5. The molecule has 6 heteroatoms. The zero-order valence-electron chi connectivity index (χ0n) is 14.3. The van der Waals surface area contributed by atoms with Gasteiger partial charge in [0.05, 0.1) is 0 Å². The van der Waals surface area contributed by atoms with Crippen molar-refractivity contribution in [3.8, 4) is 0 Å². The van der Waals surface area contributed by atoms with E-state index in [0.29, 0.717) is 10.7 Å². The van der Waals surface area contributed by atoms with Gasteiger partial charge in [-0.25, -0.2) is 5.43 Å². The van der Waals surface area contributed by atoms with E-state index in [0.717, 1.165) is 11.3 Å². The van der Waals surface area contributed by atoms with Crippen LogP contribution in [0.1, 0.15) is 46.1 Å². The van der Waals surface area contributed by atoms with Crippen LogP contribution in [-0.4, -0.2) is 17.5 Å². The molecule has 0 fully saturated rings. The Morgan fingerprint density at radius 1 is 1.17 bits per heavy atom. The summed E-state index contributed by atoms with van der Waals surface area (Å²) in [6.45, 7) is 9.72. The van der Waals surface area contributed by atoms with Crippen molar-refractivity contribution in [2.24, 2.45) is 10.5 Å². The molecular weight excluding hydrogens is 314 g/mol. The fraction of sp³-hybridized carbons (Fsp3) is 0.471. The van der Waals surface area contributed by atoms with Crippen molar-refractivity contribution in [1.82, 2.24) is 5.43 Å². The molecule has 1 aromatic carbocycles. The fourth-order valence-electron chi connectivity index (χ4n) is 1.55. The number of halogens is 1. The minimum atomic E-state index is -0.286. The molecule has 0 aliphatic rings. The molecule has 126 valence electrons. The first-order valence-corrected chi connectivity index (χ1v) is 7.87. The number of amides is 2. The van der Waals surface area contributed by atoms with Crippen LogP contribution < -0.4 is 10.7 Å². The van der Waals surface area contributed by atoms with Gasteiger partial charge in [0.15, 0.2) is 0 Å². The molecule has 0 saturated heterocycles. The summed E-state index contributed by atoms with van der Waals surface area (Å²) in [6, 6.07) is 5.30. The van der Waals surface area contributed by atoms with Gasteiger partial charge in [0.2, 0.25) is 11.8 Å². The number of nitrogens with one attached hydrogen (secondary N) is 2. The largest absolute Gasteiger partial charge is 0.326 e. The predicted molar refractivity (Wildman–Crippen MR) is 94.8 cm³/mol. The van der Waals surface area contributed by atoms with E-state index in [2.05, 4.69) is 15.8 Å². The Bertz CT molecular complexity index is 619. The molecule has 0 aliphatic carbocycles. The number of hydrogen-bond donors (Lipinski definition) is 2. The van der Waals surface area contributed by atoms with Crippen molar-refractivity contribution >= 4 is 34.8 Å². The predicted octanol–water partition coefficient (Wildman–Crippen LogP) is 3.91. The van der Waals surface area contributed by atoms with Crippen LogP contribution >= 0.6 is 11.6 Å². The summed E-state index contributed by atoms with van der Waals surface area (Å²) in [5.41, 5.74) is 4.66. The highest BCUT2D eigenvalue weighted by Crippen LogP contribution is 2.23. The number of hydrogen-bond acceptors (Lipinski definition) is 3. The van der Waals surface area contributed by atoms with Gasteiger partial charge in [0.25, 0.3) is 0 Å². The molecule has 0 aliphatic heterocycles. The zero-order valence-corrected chi connectivity index (χ0v) is 15.0. The van der Waals surface area contributed by atoms with Crippen LogP contribution in [0.3, 0.4) is 0 Å². The van der Waals surface area contributed by atoms with Crippen molar-refractivity contribution in [1.29, 1.82) is 0 Å². The van der Waals surface area contributed by atoms with Gasteiger partial charge in [-0.3, -0.25) is 9.59 Å². The standard InChI is InChI=1S/C17H24ClN3O2/c1-11-13(18)7-6-8-14(11)19-15(22)9-10-16(23)21-20-12(2)17(3,4)5/h6-8H,9-10H2,1-5H3,(H,19,22)(H,21,23)/b20-12+. The Labute approximate surface area is 142 Å². The van der Waals surface area contributed by atoms with Crippen LogP contribution in [0.4, 0.5) is 5.69 Å². The first-order chi connectivity index (χ1) is 10.6. The minimum Gasteiger partial charge on any atom is -0.326 e. The minimum absolute atomic E-state index is 0.0758. The molecule has 0 bridgehead atoms. The van der Waals surface area contributed by atoms with E-state index in [-0.39, 0.29) is 30.1 Å². The molecule has 0 atom stereocenters. The molecule has 0 aromatic heterocycles. The summed E-state index contributed by atoms with van der Waals surface area (Å²) in [4.78, 5) is 23.6. The van der Waals surface area contributed by atoms with Gasteiger partial charge in [-0.05, 0) is 31.5 Å². The van der Waals surface area contributed by atoms with E-state index in [1.54, 1.807) is 18.2 Å². The fourth-order valence-corrected chi connectivity index (χ4v) is 1.73. The molecule has 1 aromatic rings. The molecule has 1 rings (SSSR count).